The lowest BCUT2D eigenvalue weighted by Crippen LogP contribution is -2.23. The number of hydrogen-bond donors (Lipinski definition) is 1. The first-order chi connectivity index (χ1) is 14.6. The van der Waals surface area contributed by atoms with Crippen molar-refractivity contribution in [3.05, 3.63) is 59.4 Å². The zero-order chi connectivity index (χ0) is 21.3. The highest BCUT2D eigenvalue weighted by atomic mass is 16.5. The highest BCUT2D eigenvalue weighted by molar-refractivity contribution is 5.76. The maximum absolute atomic E-state index is 11.3. The van der Waals surface area contributed by atoms with E-state index >= 15 is 0 Å². The predicted octanol–water partition coefficient (Wildman–Crippen LogP) is 4.97. The molecule has 0 saturated heterocycles. The van der Waals surface area contributed by atoms with Crippen LogP contribution in [-0.4, -0.2) is 28.6 Å². The third-order valence-corrected chi connectivity index (χ3v) is 5.42. The summed E-state index contributed by atoms with van der Waals surface area (Å²) in [7, 11) is 0. The molecule has 5 nitrogen and oxygen atoms in total. The molecule has 30 heavy (non-hydrogen) atoms. The summed E-state index contributed by atoms with van der Waals surface area (Å²) in [6.07, 6.45) is 4.62. The summed E-state index contributed by atoms with van der Waals surface area (Å²) >= 11 is 0. The van der Waals surface area contributed by atoms with Gasteiger partial charge in [-0.2, -0.15) is 0 Å². The third kappa shape index (κ3) is 5.62. The number of imidazole rings is 1. The summed E-state index contributed by atoms with van der Waals surface area (Å²) in [6, 6.07) is 14.5. The van der Waals surface area contributed by atoms with Gasteiger partial charge in [0.2, 0.25) is 5.91 Å². The SMILES string of the molecule is CCC(=O)NCCCCCc1nc2ccccc2n1CCOc1c(C)cccc1C. The predicted molar refractivity (Wildman–Crippen MR) is 122 cm³/mol. The number of rotatable bonds is 11. The van der Waals surface area contributed by atoms with Crippen LogP contribution in [0.5, 0.6) is 5.75 Å². The van der Waals surface area contributed by atoms with Crippen LogP contribution in [0.4, 0.5) is 0 Å². The third-order valence-electron chi connectivity index (χ3n) is 5.42. The fourth-order valence-corrected chi connectivity index (χ4v) is 3.77. The molecule has 0 saturated carbocycles. The number of carbonyl (C=O) groups excluding carboxylic acids is 1. The van der Waals surface area contributed by atoms with Gasteiger partial charge in [0, 0.05) is 19.4 Å². The van der Waals surface area contributed by atoms with Crippen molar-refractivity contribution in [3.8, 4) is 5.75 Å². The van der Waals surface area contributed by atoms with Crippen LogP contribution in [0.15, 0.2) is 42.5 Å². The van der Waals surface area contributed by atoms with E-state index in [0.29, 0.717) is 13.0 Å². The second kappa shape index (κ2) is 10.8. The van der Waals surface area contributed by atoms with Crippen molar-refractivity contribution >= 4 is 16.9 Å². The molecule has 0 radical (unpaired) electrons. The average Bonchev–Trinajstić information content (AvgIpc) is 3.10. The van der Waals surface area contributed by atoms with E-state index in [9.17, 15) is 4.79 Å². The van der Waals surface area contributed by atoms with E-state index in [1.165, 1.54) is 11.1 Å². The molecule has 3 rings (SSSR count). The lowest BCUT2D eigenvalue weighted by Gasteiger charge is -2.14. The van der Waals surface area contributed by atoms with Gasteiger partial charge < -0.3 is 14.6 Å². The number of aromatic nitrogens is 2. The van der Waals surface area contributed by atoms with Crippen LogP contribution >= 0.6 is 0 Å². The molecule has 0 aliphatic heterocycles. The van der Waals surface area contributed by atoms with Crippen LogP contribution in [0, 0.1) is 13.8 Å². The fraction of sp³-hybridized carbons (Fsp3) is 0.440. The largest absolute Gasteiger partial charge is 0.491 e. The highest BCUT2D eigenvalue weighted by Crippen LogP contribution is 2.23. The first-order valence-corrected chi connectivity index (χ1v) is 11.0. The van der Waals surface area contributed by atoms with E-state index in [1.54, 1.807) is 0 Å². The summed E-state index contributed by atoms with van der Waals surface area (Å²) in [5.41, 5.74) is 4.53. The zero-order valence-corrected chi connectivity index (χ0v) is 18.4. The Morgan fingerprint density at radius 3 is 2.57 bits per heavy atom. The minimum Gasteiger partial charge on any atom is -0.491 e. The molecule has 1 heterocycles. The molecule has 160 valence electrons. The van der Waals surface area contributed by atoms with Gasteiger partial charge in [0.25, 0.3) is 0 Å². The molecule has 1 amide bonds. The molecule has 0 spiro atoms. The van der Waals surface area contributed by atoms with Gasteiger partial charge in [0.15, 0.2) is 0 Å². The van der Waals surface area contributed by atoms with Gasteiger partial charge in [-0.25, -0.2) is 4.98 Å². The quantitative estimate of drug-likeness (QED) is 0.457. The number of nitrogens with zero attached hydrogens (tertiary/aromatic N) is 2. The van der Waals surface area contributed by atoms with E-state index in [1.807, 2.05) is 13.0 Å². The Morgan fingerprint density at radius 2 is 1.80 bits per heavy atom. The number of amides is 1. The Balaban J connectivity index is 1.60. The molecule has 0 aliphatic rings. The molecule has 1 N–H and O–H groups in total. The minimum absolute atomic E-state index is 0.126. The maximum atomic E-state index is 11.3. The van der Waals surface area contributed by atoms with Crippen molar-refractivity contribution in [2.24, 2.45) is 0 Å². The Bertz CT molecular complexity index is 957. The Hall–Kier alpha value is -2.82. The molecule has 0 bridgehead atoms. The average molecular weight is 408 g/mol. The van der Waals surface area contributed by atoms with Gasteiger partial charge in [0.05, 0.1) is 17.6 Å². The Morgan fingerprint density at radius 1 is 1.03 bits per heavy atom. The summed E-state index contributed by atoms with van der Waals surface area (Å²) in [5.74, 6) is 2.22. The van der Waals surface area contributed by atoms with Crippen molar-refractivity contribution in [2.45, 2.75) is 59.4 Å². The normalized spacial score (nSPS) is 11.0. The van der Waals surface area contributed by atoms with E-state index in [-0.39, 0.29) is 5.91 Å². The molecule has 0 fully saturated rings. The number of carbonyl (C=O) groups is 1. The molecule has 0 unspecified atom stereocenters. The number of nitrogens with one attached hydrogen (secondary N) is 1. The first-order valence-electron chi connectivity index (χ1n) is 11.0. The molecular weight excluding hydrogens is 374 g/mol. The van der Waals surface area contributed by atoms with E-state index in [0.717, 1.165) is 61.4 Å². The van der Waals surface area contributed by atoms with Crippen molar-refractivity contribution in [3.63, 3.8) is 0 Å². The summed E-state index contributed by atoms with van der Waals surface area (Å²) < 4.78 is 8.44. The van der Waals surface area contributed by atoms with Crippen molar-refractivity contribution < 1.29 is 9.53 Å². The molecular formula is C25H33N3O2. The molecule has 0 atom stereocenters. The van der Waals surface area contributed by atoms with Crippen molar-refractivity contribution in [1.82, 2.24) is 14.9 Å². The number of benzene rings is 2. The lowest BCUT2D eigenvalue weighted by molar-refractivity contribution is -0.120. The molecule has 3 aromatic rings. The monoisotopic (exact) mass is 407 g/mol. The molecule has 0 aliphatic carbocycles. The van der Waals surface area contributed by atoms with Gasteiger partial charge in [-0.3, -0.25) is 4.79 Å². The Kier molecular flexibility index (Phi) is 7.89. The van der Waals surface area contributed by atoms with Crippen molar-refractivity contribution in [2.75, 3.05) is 13.2 Å². The topological polar surface area (TPSA) is 56.2 Å². The van der Waals surface area contributed by atoms with E-state index in [4.69, 9.17) is 9.72 Å². The summed E-state index contributed by atoms with van der Waals surface area (Å²) in [6.45, 7) is 8.20. The molecule has 2 aromatic carbocycles. The number of aryl methyl sites for hydroxylation is 3. The van der Waals surface area contributed by atoms with Gasteiger partial charge in [0.1, 0.15) is 18.2 Å². The van der Waals surface area contributed by atoms with Gasteiger partial charge in [-0.1, -0.05) is 43.7 Å². The number of unbranched alkanes of at least 4 members (excludes halogenated alkanes) is 2. The molecule has 1 aromatic heterocycles. The maximum Gasteiger partial charge on any atom is 0.219 e. The number of hydrogen-bond acceptors (Lipinski definition) is 3. The van der Waals surface area contributed by atoms with E-state index < -0.39 is 0 Å². The second-order valence-corrected chi connectivity index (χ2v) is 7.75. The Labute approximate surface area is 179 Å². The number of fused-ring (bicyclic) bond motifs is 1. The lowest BCUT2D eigenvalue weighted by atomic mass is 10.1. The van der Waals surface area contributed by atoms with Gasteiger partial charge in [-0.05, 0) is 49.9 Å². The minimum atomic E-state index is 0.126. The zero-order valence-electron chi connectivity index (χ0n) is 18.4. The van der Waals surface area contributed by atoms with Gasteiger partial charge >= 0.3 is 0 Å². The van der Waals surface area contributed by atoms with Crippen LogP contribution in [0.25, 0.3) is 11.0 Å². The standard InChI is InChI=1S/C25H33N3O2/c1-4-24(29)26-16-9-5-6-15-23-27-21-13-7-8-14-22(21)28(23)17-18-30-25-19(2)11-10-12-20(25)3/h7-8,10-14H,4-6,9,15-18H2,1-3H3,(H,26,29). The van der Waals surface area contributed by atoms with Crippen LogP contribution in [0.1, 0.15) is 49.6 Å². The van der Waals surface area contributed by atoms with Crippen LogP contribution in [-0.2, 0) is 17.8 Å². The second-order valence-electron chi connectivity index (χ2n) is 7.75. The van der Waals surface area contributed by atoms with E-state index in [2.05, 4.69) is 60.1 Å². The van der Waals surface area contributed by atoms with Crippen LogP contribution in [0.3, 0.4) is 0 Å². The number of para-hydroxylation sites is 3. The fourth-order valence-electron chi connectivity index (χ4n) is 3.77. The first kappa shape index (κ1) is 21.9. The van der Waals surface area contributed by atoms with Crippen molar-refractivity contribution in [1.29, 1.82) is 0 Å². The van der Waals surface area contributed by atoms with Crippen LogP contribution < -0.4 is 10.1 Å². The summed E-state index contributed by atoms with van der Waals surface area (Å²) in [4.78, 5) is 16.2. The van der Waals surface area contributed by atoms with Gasteiger partial charge in [-0.15, -0.1) is 0 Å². The summed E-state index contributed by atoms with van der Waals surface area (Å²) in [5, 5.41) is 2.94. The highest BCUT2D eigenvalue weighted by Gasteiger charge is 2.11. The smallest absolute Gasteiger partial charge is 0.219 e. The molecule has 5 heteroatoms. The van der Waals surface area contributed by atoms with Crippen LogP contribution in [0.2, 0.25) is 0 Å². The number of ether oxygens (including phenoxy) is 1.